The summed E-state index contributed by atoms with van der Waals surface area (Å²) in [5.74, 6) is 0. The maximum Gasteiger partial charge on any atom is 0.253 e. The van der Waals surface area contributed by atoms with E-state index < -0.39 is 5.03 Å². The van der Waals surface area contributed by atoms with E-state index in [1.807, 2.05) is 30.3 Å². The van der Waals surface area contributed by atoms with Crippen molar-refractivity contribution < 1.29 is 5.03 Å². The summed E-state index contributed by atoms with van der Waals surface area (Å²) in [6, 6.07) is 9.45. The second-order valence-corrected chi connectivity index (χ2v) is 3.63. The number of thiocarbonyl (C=S) groups is 1. The maximum absolute atomic E-state index is 10.4. The molecule has 7 heteroatoms. The third kappa shape index (κ3) is 3.80. The molecule has 6 nitrogen and oxygen atoms in total. The van der Waals surface area contributed by atoms with Crippen LogP contribution in [0.1, 0.15) is 12.5 Å². The van der Waals surface area contributed by atoms with Crippen LogP contribution in [0.25, 0.3) is 0 Å². The van der Waals surface area contributed by atoms with Crippen LogP contribution in [0.3, 0.4) is 0 Å². The van der Waals surface area contributed by atoms with Gasteiger partial charge in [0, 0.05) is 0 Å². The first-order valence-corrected chi connectivity index (χ1v) is 5.21. The van der Waals surface area contributed by atoms with Crippen LogP contribution >= 0.6 is 12.2 Å². The van der Waals surface area contributed by atoms with E-state index in [1.165, 1.54) is 7.05 Å². The summed E-state index contributed by atoms with van der Waals surface area (Å²) in [5.41, 5.74) is 4.09. The lowest BCUT2D eigenvalue weighted by atomic mass is 10.1. The van der Waals surface area contributed by atoms with E-state index in [0.717, 1.165) is 5.56 Å². The zero-order chi connectivity index (χ0) is 12.8. The second kappa shape index (κ2) is 5.90. The number of benzene rings is 1. The number of hydrogen-bond acceptors (Lipinski definition) is 4. The average molecular weight is 252 g/mol. The van der Waals surface area contributed by atoms with Gasteiger partial charge in [-0.2, -0.15) is 5.10 Å². The Hall–Kier alpha value is -2.02. The maximum atomic E-state index is 10.4. The van der Waals surface area contributed by atoms with Gasteiger partial charge in [-0.15, -0.1) is 0 Å². The fourth-order valence-electron chi connectivity index (χ4n) is 1.02. The topological polar surface area (TPSA) is 70.8 Å². The van der Waals surface area contributed by atoms with Gasteiger partial charge in [-0.1, -0.05) is 35.3 Å². The molecule has 0 fully saturated rings. The Morgan fingerprint density at radius 2 is 2.06 bits per heavy atom. The number of hydrogen-bond donors (Lipinski definition) is 1. The van der Waals surface area contributed by atoms with Gasteiger partial charge in [0.2, 0.25) is 0 Å². The lowest BCUT2D eigenvalue weighted by Gasteiger charge is -2.08. The van der Waals surface area contributed by atoms with E-state index in [4.69, 9.17) is 12.2 Å². The summed E-state index contributed by atoms with van der Waals surface area (Å²) in [7, 11) is 1.25. The normalized spacial score (nSPS) is 10.8. The molecular formula is C10H12N4O2S. The van der Waals surface area contributed by atoms with Crippen molar-refractivity contribution in [2.24, 2.45) is 5.10 Å². The molecule has 0 aliphatic rings. The largest absolute Gasteiger partial charge is 0.253 e. The Morgan fingerprint density at radius 1 is 1.47 bits per heavy atom. The summed E-state index contributed by atoms with van der Waals surface area (Å²) in [4.78, 5) is 10.4. The van der Waals surface area contributed by atoms with Crippen LogP contribution in [0.4, 0.5) is 0 Å². The highest BCUT2D eigenvalue weighted by Gasteiger charge is 2.12. The van der Waals surface area contributed by atoms with Crippen LogP contribution < -0.4 is 5.43 Å². The lowest BCUT2D eigenvalue weighted by Crippen LogP contribution is -2.38. The van der Waals surface area contributed by atoms with Gasteiger partial charge in [-0.3, -0.25) is 0 Å². The summed E-state index contributed by atoms with van der Waals surface area (Å²) in [6.07, 6.45) is 0. The Labute approximate surface area is 104 Å². The Balaban J connectivity index is 2.66. The highest BCUT2D eigenvalue weighted by atomic mass is 32.1. The predicted molar refractivity (Wildman–Crippen MR) is 69.1 cm³/mol. The summed E-state index contributed by atoms with van der Waals surface area (Å²) < 4.78 is 0. The highest BCUT2D eigenvalue weighted by Crippen LogP contribution is 1.99. The van der Waals surface area contributed by atoms with Gasteiger partial charge in [0.25, 0.3) is 5.11 Å². The van der Waals surface area contributed by atoms with Gasteiger partial charge in [0.15, 0.2) is 5.03 Å². The first-order chi connectivity index (χ1) is 8.02. The fourth-order valence-corrected chi connectivity index (χ4v) is 1.13. The molecule has 0 spiro atoms. The zero-order valence-corrected chi connectivity index (χ0v) is 10.3. The van der Waals surface area contributed by atoms with E-state index in [0.29, 0.717) is 10.7 Å². The minimum Gasteiger partial charge on any atom is -0.249 e. The van der Waals surface area contributed by atoms with Gasteiger partial charge in [-0.05, 0) is 24.7 Å². The van der Waals surface area contributed by atoms with Crippen LogP contribution in [-0.4, -0.2) is 27.9 Å². The molecule has 1 N–H and O–H groups in total. The molecule has 1 rings (SSSR count). The van der Waals surface area contributed by atoms with Crippen molar-refractivity contribution in [2.75, 3.05) is 7.05 Å². The number of nitrogens with one attached hydrogen (secondary N) is 1. The molecule has 0 bridgehead atoms. The summed E-state index contributed by atoms with van der Waals surface area (Å²) in [5, 5.41) is 14.4. The standard InChI is InChI=1S/C10H12N4O2S/c1-8(9-6-4-3-5-7-9)11-12-10(17)13(2)14(15)16/h3-7H,1-2H3,(H,12,17)/b11-8+. The quantitative estimate of drug-likeness (QED) is 0.381. The molecule has 1 aromatic rings. The fraction of sp³-hybridized carbons (Fsp3) is 0.200. The number of rotatable bonds is 3. The van der Waals surface area contributed by atoms with Gasteiger partial charge >= 0.3 is 0 Å². The Morgan fingerprint density at radius 3 is 2.59 bits per heavy atom. The van der Waals surface area contributed by atoms with Gasteiger partial charge in [0.1, 0.15) is 0 Å². The third-order valence-corrected chi connectivity index (χ3v) is 2.41. The summed E-state index contributed by atoms with van der Waals surface area (Å²) >= 11 is 4.79. The first kappa shape index (κ1) is 13.0. The molecule has 17 heavy (non-hydrogen) atoms. The Kier molecular flexibility index (Phi) is 4.53. The van der Waals surface area contributed by atoms with Crippen LogP contribution in [0.5, 0.6) is 0 Å². The van der Waals surface area contributed by atoms with Gasteiger partial charge in [-0.25, -0.2) is 15.5 Å². The second-order valence-electron chi connectivity index (χ2n) is 3.24. The highest BCUT2D eigenvalue weighted by molar-refractivity contribution is 7.80. The minimum absolute atomic E-state index is 0.0646. The third-order valence-electron chi connectivity index (χ3n) is 2.05. The molecule has 1 aromatic carbocycles. The van der Waals surface area contributed by atoms with Crippen molar-refractivity contribution in [1.82, 2.24) is 10.4 Å². The van der Waals surface area contributed by atoms with Crippen molar-refractivity contribution in [3.8, 4) is 0 Å². The first-order valence-electron chi connectivity index (χ1n) is 4.80. The molecule has 0 aliphatic carbocycles. The molecule has 0 aliphatic heterocycles. The molecular weight excluding hydrogens is 240 g/mol. The van der Waals surface area contributed by atoms with E-state index in [9.17, 15) is 10.1 Å². The van der Waals surface area contributed by atoms with Crippen LogP contribution in [0, 0.1) is 10.1 Å². The lowest BCUT2D eigenvalue weighted by molar-refractivity contribution is -0.622. The molecule has 0 amide bonds. The van der Waals surface area contributed by atoms with E-state index in [-0.39, 0.29) is 5.11 Å². The molecule has 0 radical (unpaired) electrons. The average Bonchev–Trinajstić information content (AvgIpc) is 2.35. The smallest absolute Gasteiger partial charge is 0.249 e. The minimum atomic E-state index is -0.622. The van der Waals surface area contributed by atoms with E-state index in [1.54, 1.807) is 6.92 Å². The van der Waals surface area contributed by atoms with Crippen LogP contribution in [0.15, 0.2) is 35.4 Å². The predicted octanol–water partition coefficient (Wildman–Crippen LogP) is 1.41. The molecule has 90 valence electrons. The zero-order valence-electron chi connectivity index (χ0n) is 9.45. The summed E-state index contributed by atoms with van der Waals surface area (Å²) in [6.45, 7) is 1.79. The van der Waals surface area contributed by atoms with Crippen molar-refractivity contribution >= 4 is 23.0 Å². The number of nitrogens with zero attached hydrogens (tertiary/aromatic N) is 3. The molecule has 0 atom stereocenters. The number of hydrazine groups is 1. The Bertz CT molecular complexity index is 447. The van der Waals surface area contributed by atoms with Crippen LogP contribution in [-0.2, 0) is 0 Å². The number of nitro groups is 1. The van der Waals surface area contributed by atoms with Crippen LogP contribution in [0.2, 0.25) is 0 Å². The van der Waals surface area contributed by atoms with Crippen molar-refractivity contribution in [3.05, 3.63) is 46.0 Å². The molecule has 0 heterocycles. The molecule has 0 saturated carbocycles. The van der Waals surface area contributed by atoms with Gasteiger partial charge in [0.05, 0.1) is 12.8 Å². The van der Waals surface area contributed by atoms with Crippen molar-refractivity contribution in [1.29, 1.82) is 0 Å². The molecule has 0 aromatic heterocycles. The number of hydrazone groups is 1. The monoisotopic (exact) mass is 252 g/mol. The van der Waals surface area contributed by atoms with Gasteiger partial charge < -0.3 is 0 Å². The van der Waals surface area contributed by atoms with Crippen molar-refractivity contribution in [2.45, 2.75) is 6.92 Å². The van der Waals surface area contributed by atoms with E-state index in [2.05, 4.69) is 10.5 Å². The molecule has 0 unspecified atom stereocenters. The SMILES string of the molecule is C/C(=N\NC(=S)N(C)[N+](=O)[O-])c1ccccc1. The van der Waals surface area contributed by atoms with E-state index >= 15 is 0 Å². The van der Waals surface area contributed by atoms with Crippen molar-refractivity contribution in [3.63, 3.8) is 0 Å². The molecule has 0 saturated heterocycles.